The Hall–Kier alpha value is -1.70. The van der Waals surface area contributed by atoms with Crippen molar-refractivity contribution in [3.05, 3.63) is 24.3 Å². The van der Waals surface area contributed by atoms with Gasteiger partial charge in [-0.15, -0.1) is 6.42 Å². The molecule has 1 aliphatic heterocycles. The second-order valence-electron chi connectivity index (χ2n) is 6.29. The largest absolute Gasteiger partial charge is 0.478 e. The van der Waals surface area contributed by atoms with Gasteiger partial charge in [0.1, 0.15) is 18.0 Å². The standard InChI is InChI=1S/C17H25N2O2/c1-6-14(2)20-15-7-9-16(10-8-15)21-17-13-19(4,5)12-11-18(17)3/h1,7-10,14,17H,11-13H2,2-5H3/q+1. The molecule has 2 rings (SSSR count). The third kappa shape index (κ3) is 4.38. The lowest BCUT2D eigenvalue weighted by atomic mass is 10.2. The summed E-state index contributed by atoms with van der Waals surface area (Å²) in [5.74, 6) is 4.17. The summed E-state index contributed by atoms with van der Waals surface area (Å²) in [5, 5.41) is 0. The van der Waals surface area contributed by atoms with Crippen LogP contribution in [0.5, 0.6) is 11.5 Å². The third-order valence-corrected chi connectivity index (χ3v) is 3.84. The highest BCUT2D eigenvalue weighted by atomic mass is 16.5. The normalized spacial score (nSPS) is 23.1. The molecule has 4 heteroatoms. The Morgan fingerprint density at radius 1 is 1.29 bits per heavy atom. The summed E-state index contributed by atoms with van der Waals surface area (Å²) >= 11 is 0. The zero-order chi connectivity index (χ0) is 15.5. The van der Waals surface area contributed by atoms with E-state index in [4.69, 9.17) is 15.9 Å². The lowest BCUT2D eigenvalue weighted by molar-refractivity contribution is -0.900. The first-order chi connectivity index (χ1) is 9.89. The quantitative estimate of drug-likeness (QED) is 0.623. The van der Waals surface area contributed by atoms with Crippen LogP contribution in [0.25, 0.3) is 0 Å². The monoisotopic (exact) mass is 289 g/mol. The molecule has 0 radical (unpaired) electrons. The molecule has 1 fully saturated rings. The van der Waals surface area contributed by atoms with Crippen molar-refractivity contribution < 1.29 is 14.0 Å². The first-order valence-corrected chi connectivity index (χ1v) is 7.31. The van der Waals surface area contributed by atoms with Crippen molar-refractivity contribution in [1.29, 1.82) is 0 Å². The maximum Gasteiger partial charge on any atom is 0.201 e. The number of rotatable bonds is 4. The average Bonchev–Trinajstić information content (AvgIpc) is 2.44. The van der Waals surface area contributed by atoms with Gasteiger partial charge >= 0.3 is 0 Å². The Balaban J connectivity index is 1.98. The predicted molar refractivity (Wildman–Crippen MR) is 84.3 cm³/mol. The molecule has 0 N–H and O–H groups in total. The SMILES string of the molecule is C#CC(C)Oc1ccc(OC2C[N+](C)(C)CCN2C)cc1. The number of hydrogen-bond donors (Lipinski definition) is 0. The summed E-state index contributed by atoms with van der Waals surface area (Å²) in [7, 11) is 6.58. The van der Waals surface area contributed by atoms with Crippen molar-refractivity contribution in [2.75, 3.05) is 40.8 Å². The van der Waals surface area contributed by atoms with E-state index in [9.17, 15) is 0 Å². The fourth-order valence-corrected chi connectivity index (χ4v) is 2.35. The second kappa shape index (κ2) is 6.38. The number of piperazine rings is 1. The molecule has 0 bridgehead atoms. The van der Waals surface area contributed by atoms with Crippen molar-refractivity contribution in [3.8, 4) is 23.8 Å². The van der Waals surface area contributed by atoms with Crippen molar-refractivity contribution >= 4 is 0 Å². The fraction of sp³-hybridized carbons (Fsp3) is 0.529. The first kappa shape index (κ1) is 15.7. The predicted octanol–water partition coefficient (Wildman–Crippen LogP) is 1.81. The van der Waals surface area contributed by atoms with Gasteiger partial charge in [0.15, 0.2) is 6.10 Å². The molecule has 1 aliphatic rings. The molecule has 0 aromatic heterocycles. The van der Waals surface area contributed by atoms with Crippen LogP contribution in [0.3, 0.4) is 0 Å². The van der Waals surface area contributed by atoms with Gasteiger partial charge in [-0.2, -0.15) is 0 Å². The minimum absolute atomic E-state index is 0.102. The molecule has 4 nitrogen and oxygen atoms in total. The smallest absolute Gasteiger partial charge is 0.201 e. The minimum atomic E-state index is -0.223. The zero-order valence-electron chi connectivity index (χ0n) is 13.4. The highest BCUT2D eigenvalue weighted by Gasteiger charge is 2.32. The Kier molecular flexibility index (Phi) is 4.76. The van der Waals surface area contributed by atoms with E-state index in [-0.39, 0.29) is 12.3 Å². The summed E-state index contributed by atoms with van der Waals surface area (Å²) < 4.78 is 12.6. The van der Waals surface area contributed by atoms with Crippen LogP contribution in [0.4, 0.5) is 0 Å². The molecular weight excluding hydrogens is 264 g/mol. The number of likely N-dealkylation sites (N-methyl/N-ethyl adjacent to an activating group) is 2. The van der Waals surface area contributed by atoms with E-state index < -0.39 is 0 Å². The summed E-state index contributed by atoms with van der Waals surface area (Å²) in [4.78, 5) is 2.26. The van der Waals surface area contributed by atoms with Crippen LogP contribution in [0.15, 0.2) is 24.3 Å². The van der Waals surface area contributed by atoms with Crippen molar-refractivity contribution in [2.24, 2.45) is 0 Å². The van der Waals surface area contributed by atoms with E-state index in [2.05, 4.69) is 32.0 Å². The van der Waals surface area contributed by atoms with Gasteiger partial charge in [-0.1, -0.05) is 5.92 Å². The topological polar surface area (TPSA) is 21.7 Å². The molecule has 1 aromatic rings. The number of benzene rings is 1. The molecule has 1 heterocycles. The van der Waals surface area contributed by atoms with Crippen molar-refractivity contribution in [3.63, 3.8) is 0 Å². The summed E-state index contributed by atoms with van der Waals surface area (Å²) in [6, 6.07) is 7.65. The van der Waals surface area contributed by atoms with Crippen molar-refractivity contribution in [1.82, 2.24) is 4.90 Å². The molecule has 114 valence electrons. The van der Waals surface area contributed by atoms with Gasteiger partial charge in [-0.05, 0) is 38.2 Å². The molecule has 0 saturated carbocycles. The number of ether oxygens (including phenoxy) is 2. The second-order valence-corrected chi connectivity index (χ2v) is 6.29. The summed E-state index contributed by atoms with van der Waals surface area (Å²) in [5.41, 5.74) is 0. The van der Waals surface area contributed by atoms with Gasteiger partial charge in [0, 0.05) is 0 Å². The van der Waals surface area contributed by atoms with Gasteiger partial charge in [0.05, 0.1) is 27.2 Å². The molecule has 0 spiro atoms. The number of hydrogen-bond acceptors (Lipinski definition) is 3. The zero-order valence-corrected chi connectivity index (χ0v) is 13.4. The highest BCUT2D eigenvalue weighted by Crippen LogP contribution is 2.22. The van der Waals surface area contributed by atoms with Crippen LogP contribution >= 0.6 is 0 Å². The highest BCUT2D eigenvalue weighted by molar-refractivity contribution is 5.31. The van der Waals surface area contributed by atoms with Crippen LogP contribution < -0.4 is 9.47 Å². The van der Waals surface area contributed by atoms with Crippen LogP contribution in [-0.2, 0) is 0 Å². The maximum absolute atomic E-state index is 6.10. The van der Waals surface area contributed by atoms with E-state index in [1.807, 2.05) is 31.2 Å². The minimum Gasteiger partial charge on any atom is -0.478 e. The third-order valence-electron chi connectivity index (χ3n) is 3.84. The first-order valence-electron chi connectivity index (χ1n) is 7.31. The van der Waals surface area contributed by atoms with Crippen LogP contribution in [-0.4, -0.2) is 62.5 Å². The summed E-state index contributed by atoms with van der Waals surface area (Å²) in [6.07, 6.45) is 5.19. The van der Waals surface area contributed by atoms with Gasteiger partial charge in [0.25, 0.3) is 0 Å². The molecule has 2 unspecified atom stereocenters. The van der Waals surface area contributed by atoms with Crippen LogP contribution in [0.2, 0.25) is 0 Å². The number of terminal acetylenes is 1. The van der Waals surface area contributed by atoms with Gasteiger partial charge < -0.3 is 14.0 Å². The average molecular weight is 289 g/mol. The van der Waals surface area contributed by atoms with Crippen LogP contribution in [0.1, 0.15) is 6.92 Å². The van der Waals surface area contributed by atoms with E-state index in [0.29, 0.717) is 0 Å². The number of nitrogens with zero attached hydrogens (tertiary/aromatic N) is 2. The lowest BCUT2D eigenvalue weighted by Gasteiger charge is -2.42. The van der Waals surface area contributed by atoms with Gasteiger partial charge in [-0.25, -0.2) is 0 Å². The lowest BCUT2D eigenvalue weighted by Crippen LogP contribution is -2.60. The van der Waals surface area contributed by atoms with Crippen LogP contribution in [0, 0.1) is 12.3 Å². The Labute approximate surface area is 127 Å². The molecular formula is C17H25N2O2+. The van der Waals surface area contributed by atoms with E-state index in [0.717, 1.165) is 35.6 Å². The van der Waals surface area contributed by atoms with Gasteiger partial charge in [-0.3, -0.25) is 4.90 Å². The molecule has 0 aliphatic carbocycles. The number of quaternary nitrogens is 1. The molecule has 2 atom stereocenters. The van der Waals surface area contributed by atoms with Crippen molar-refractivity contribution in [2.45, 2.75) is 19.3 Å². The Morgan fingerprint density at radius 3 is 2.52 bits per heavy atom. The van der Waals surface area contributed by atoms with E-state index in [1.165, 1.54) is 0 Å². The fourth-order valence-electron chi connectivity index (χ4n) is 2.35. The van der Waals surface area contributed by atoms with Gasteiger partial charge in [0.2, 0.25) is 6.23 Å². The summed E-state index contributed by atoms with van der Waals surface area (Å²) in [6.45, 7) is 5.01. The Bertz CT molecular complexity index is 505. The van der Waals surface area contributed by atoms with E-state index in [1.54, 1.807) is 0 Å². The van der Waals surface area contributed by atoms with E-state index >= 15 is 0 Å². The molecule has 1 aromatic carbocycles. The molecule has 0 amide bonds. The molecule has 1 saturated heterocycles. The Morgan fingerprint density at radius 2 is 1.90 bits per heavy atom. The maximum atomic E-state index is 6.10. The molecule has 21 heavy (non-hydrogen) atoms.